The SMILES string of the molecule is COc1ccc(C(=O)NCCn2nc(C(F)(F)F)cc2C2CC2)c(OC)c1OC. The number of hydrogen-bond acceptors (Lipinski definition) is 5. The second-order valence-electron chi connectivity index (χ2n) is 6.59. The molecule has 1 aliphatic carbocycles. The molecule has 1 aromatic heterocycles. The Hall–Kier alpha value is -2.91. The van der Waals surface area contributed by atoms with Gasteiger partial charge in [-0.25, -0.2) is 0 Å². The summed E-state index contributed by atoms with van der Waals surface area (Å²) in [5.41, 5.74) is -0.133. The van der Waals surface area contributed by atoms with Crippen molar-refractivity contribution in [2.24, 2.45) is 0 Å². The molecule has 0 bridgehead atoms. The Morgan fingerprint density at radius 2 is 1.86 bits per heavy atom. The van der Waals surface area contributed by atoms with Gasteiger partial charge in [-0.05, 0) is 31.0 Å². The van der Waals surface area contributed by atoms with Crippen LogP contribution in [-0.2, 0) is 12.7 Å². The summed E-state index contributed by atoms with van der Waals surface area (Å²) in [4.78, 5) is 12.6. The quantitative estimate of drug-likeness (QED) is 0.719. The van der Waals surface area contributed by atoms with E-state index in [0.717, 1.165) is 18.9 Å². The lowest BCUT2D eigenvalue weighted by molar-refractivity contribution is -0.141. The predicted molar refractivity (Wildman–Crippen MR) is 97.6 cm³/mol. The van der Waals surface area contributed by atoms with Crippen molar-refractivity contribution < 1.29 is 32.2 Å². The number of ether oxygens (including phenoxy) is 3. The fourth-order valence-electron chi connectivity index (χ4n) is 3.11. The Balaban J connectivity index is 1.72. The molecule has 1 amide bonds. The van der Waals surface area contributed by atoms with E-state index in [1.54, 1.807) is 6.07 Å². The van der Waals surface area contributed by atoms with E-state index in [0.29, 0.717) is 11.4 Å². The Kier molecular flexibility index (Phi) is 5.90. The number of aromatic nitrogens is 2. The van der Waals surface area contributed by atoms with Crippen molar-refractivity contribution in [2.75, 3.05) is 27.9 Å². The summed E-state index contributed by atoms with van der Waals surface area (Å²) >= 11 is 0. The van der Waals surface area contributed by atoms with Gasteiger partial charge in [-0.15, -0.1) is 0 Å². The molecule has 10 heteroatoms. The molecule has 0 saturated heterocycles. The Labute approximate surface area is 165 Å². The summed E-state index contributed by atoms with van der Waals surface area (Å²) in [6, 6.07) is 4.20. The second-order valence-corrected chi connectivity index (χ2v) is 6.59. The number of alkyl halides is 3. The summed E-state index contributed by atoms with van der Waals surface area (Å²) in [6.07, 6.45) is -2.80. The predicted octanol–water partition coefficient (Wildman–Crippen LogP) is 3.24. The number of benzene rings is 1. The molecule has 158 valence electrons. The number of hydrogen-bond donors (Lipinski definition) is 1. The van der Waals surface area contributed by atoms with E-state index >= 15 is 0 Å². The molecule has 3 rings (SSSR count). The highest BCUT2D eigenvalue weighted by Crippen LogP contribution is 2.42. The molecule has 1 saturated carbocycles. The molecule has 1 fully saturated rings. The van der Waals surface area contributed by atoms with Gasteiger partial charge in [-0.3, -0.25) is 9.48 Å². The minimum atomic E-state index is -4.49. The van der Waals surface area contributed by atoms with E-state index < -0.39 is 17.8 Å². The number of nitrogens with zero attached hydrogens (tertiary/aromatic N) is 2. The van der Waals surface area contributed by atoms with E-state index in [1.165, 1.54) is 32.1 Å². The fourth-order valence-corrected chi connectivity index (χ4v) is 3.11. The zero-order valence-corrected chi connectivity index (χ0v) is 16.3. The van der Waals surface area contributed by atoms with Crippen LogP contribution in [0.3, 0.4) is 0 Å². The van der Waals surface area contributed by atoms with Gasteiger partial charge in [0, 0.05) is 18.2 Å². The molecule has 1 aliphatic rings. The molecule has 2 aromatic rings. The zero-order valence-electron chi connectivity index (χ0n) is 16.3. The van der Waals surface area contributed by atoms with E-state index in [4.69, 9.17) is 14.2 Å². The van der Waals surface area contributed by atoms with Crippen molar-refractivity contribution in [3.05, 3.63) is 35.2 Å². The summed E-state index contributed by atoms with van der Waals surface area (Å²) in [5.74, 6) is 0.549. The summed E-state index contributed by atoms with van der Waals surface area (Å²) < 4.78 is 56.0. The van der Waals surface area contributed by atoms with Crippen LogP contribution in [0.15, 0.2) is 18.2 Å². The monoisotopic (exact) mass is 413 g/mol. The van der Waals surface area contributed by atoms with Crippen LogP contribution in [0, 0.1) is 0 Å². The molecular weight excluding hydrogens is 391 g/mol. The number of nitrogens with one attached hydrogen (secondary N) is 1. The number of methoxy groups -OCH3 is 3. The van der Waals surface area contributed by atoms with Crippen LogP contribution in [0.4, 0.5) is 13.2 Å². The third kappa shape index (κ3) is 4.41. The third-order valence-corrected chi connectivity index (χ3v) is 4.66. The van der Waals surface area contributed by atoms with Crippen molar-refractivity contribution in [2.45, 2.75) is 31.5 Å². The molecular formula is C19H22F3N3O4. The van der Waals surface area contributed by atoms with E-state index in [1.807, 2.05) is 0 Å². The van der Waals surface area contributed by atoms with Crippen molar-refractivity contribution in [1.82, 2.24) is 15.1 Å². The molecule has 0 aliphatic heterocycles. The van der Waals surface area contributed by atoms with Crippen molar-refractivity contribution in [3.8, 4) is 17.2 Å². The van der Waals surface area contributed by atoms with Crippen LogP contribution < -0.4 is 19.5 Å². The smallest absolute Gasteiger partial charge is 0.435 e. The molecule has 1 aromatic carbocycles. The standard InChI is InChI=1S/C19H22F3N3O4/c1-27-14-7-6-12(16(28-2)17(14)29-3)18(26)23-8-9-25-13(11-4-5-11)10-15(24-25)19(20,21)22/h6-7,10-11H,4-5,8-9H2,1-3H3,(H,23,26). The zero-order chi connectivity index (χ0) is 21.2. The minimum Gasteiger partial charge on any atom is -0.493 e. The molecule has 0 atom stereocenters. The maximum Gasteiger partial charge on any atom is 0.435 e. The van der Waals surface area contributed by atoms with E-state index in [2.05, 4.69) is 10.4 Å². The number of halogens is 3. The van der Waals surface area contributed by atoms with Crippen LogP contribution in [0.5, 0.6) is 17.2 Å². The average molecular weight is 413 g/mol. The third-order valence-electron chi connectivity index (χ3n) is 4.66. The maximum atomic E-state index is 13.0. The van der Waals surface area contributed by atoms with Gasteiger partial charge >= 0.3 is 6.18 Å². The fraction of sp³-hybridized carbons (Fsp3) is 0.474. The maximum absolute atomic E-state index is 13.0. The molecule has 1 heterocycles. The highest BCUT2D eigenvalue weighted by Gasteiger charge is 2.37. The largest absolute Gasteiger partial charge is 0.493 e. The number of rotatable bonds is 8. The Bertz CT molecular complexity index is 892. The first-order chi connectivity index (χ1) is 13.8. The molecule has 0 unspecified atom stereocenters. The molecule has 7 nitrogen and oxygen atoms in total. The van der Waals surface area contributed by atoms with Gasteiger partial charge in [-0.2, -0.15) is 18.3 Å². The van der Waals surface area contributed by atoms with Gasteiger partial charge in [0.1, 0.15) is 0 Å². The Morgan fingerprint density at radius 3 is 2.41 bits per heavy atom. The lowest BCUT2D eigenvalue weighted by Crippen LogP contribution is -2.28. The first-order valence-electron chi connectivity index (χ1n) is 9.02. The van der Waals surface area contributed by atoms with Crippen LogP contribution >= 0.6 is 0 Å². The number of carbonyl (C=O) groups excluding carboxylic acids is 1. The normalized spacial score (nSPS) is 13.9. The summed E-state index contributed by atoms with van der Waals surface area (Å²) in [5, 5.41) is 6.36. The highest BCUT2D eigenvalue weighted by molar-refractivity contribution is 5.98. The lowest BCUT2D eigenvalue weighted by Gasteiger charge is -2.15. The van der Waals surface area contributed by atoms with Gasteiger partial charge in [0.2, 0.25) is 5.75 Å². The van der Waals surface area contributed by atoms with Gasteiger partial charge < -0.3 is 19.5 Å². The van der Waals surface area contributed by atoms with Gasteiger partial charge in [0.25, 0.3) is 5.91 Å². The average Bonchev–Trinajstić information content (AvgIpc) is 3.44. The topological polar surface area (TPSA) is 74.6 Å². The first-order valence-corrected chi connectivity index (χ1v) is 9.02. The van der Waals surface area contributed by atoms with Crippen molar-refractivity contribution in [1.29, 1.82) is 0 Å². The molecule has 0 radical (unpaired) electrons. The van der Waals surface area contributed by atoms with Crippen molar-refractivity contribution in [3.63, 3.8) is 0 Å². The molecule has 29 heavy (non-hydrogen) atoms. The van der Waals surface area contributed by atoms with Gasteiger partial charge in [-0.1, -0.05) is 0 Å². The molecule has 1 N–H and O–H groups in total. The number of carbonyl (C=O) groups is 1. The van der Waals surface area contributed by atoms with E-state index in [-0.39, 0.29) is 36.1 Å². The Morgan fingerprint density at radius 1 is 1.17 bits per heavy atom. The van der Waals surface area contributed by atoms with Crippen molar-refractivity contribution >= 4 is 5.91 Å². The molecule has 0 spiro atoms. The minimum absolute atomic E-state index is 0.0974. The summed E-state index contributed by atoms with van der Waals surface area (Å²) in [6.45, 7) is 0.234. The second kappa shape index (κ2) is 8.22. The summed E-state index contributed by atoms with van der Waals surface area (Å²) in [7, 11) is 4.30. The first kappa shape index (κ1) is 20.8. The van der Waals surface area contributed by atoms with Crippen LogP contribution in [-0.4, -0.2) is 43.6 Å². The van der Waals surface area contributed by atoms with Crippen LogP contribution in [0.2, 0.25) is 0 Å². The lowest BCUT2D eigenvalue weighted by atomic mass is 10.1. The van der Waals surface area contributed by atoms with Crippen LogP contribution in [0.25, 0.3) is 0 Å². The van der Waals surface area contributed by atoms with E-state index in [9.17, 15) is 18.0 Å². The van der Waals surface area contributed by atoms with Gasteiger partial charge in [0.05, 0.1) is 33.4 Å². The van der Waals surface area contributed by atoms with Crippen LogP contribution in [0.1, 0.15) is 40.5 Å². The number of amides is 1. The van der Waals surface area contributed by atoms with Gasteiger partial charge in [0.15, 0.2) is 17.2 Å². The highest BCUT2D eigenvalue weighted by atomic mass is 19.4.